The van der Waals surface area contributed by atoms with Gasteiger partial charge in [-0.25, -0.2) is 0 Å². The molecule has 0 saturated carbocycles. The largest absolute Gasteiger partial charge is 0.395 e. The Morgan fingerprint density at radius 3 is 2.63 bits per heavy atom. The molecule has 1 heterocycles. The minimum atomic E-state index is -0.677. The van der Waals surface area contributed by atoms with Crippen LogP contribution in [0, 0.1) is 0 Å². The Morgan fingerprint density at radius 2 is 2.00 bits per heavy atom. The van der Waals surface area contributed by atoms with Crippen LogP contribution in [0.5, 0.6) is 0 Å². The SMILES string of the molecule is NC(=S)CNC(=O)C(=O)N1CCCN(CCO)CC1. The van der Waals surface area contributed by atoms with Crippen molar-refractivity contribution in [2.24, 2.45) is 5.73 Å². The molecule has 0 spiro atoms. The van der Waals surface area contributed by atoms with E-state index in [1.54, 1.807) is 0 Å². The molecule has 0 aliphatic carbocycles. The molecule has 1 aliphatic heterocycles. The van der Waals surface area contributed by atoms with Gasteiger partial charge in [0.2, 0.25) is 0 Å². The van der Waals surface area contributed by atoms with Crippen molar-refractivity contribution in [3.63, 3.8) is 0 Å². The van der Waals surface area contributed by atoms with Crippen molar-refractivity contribution in [2.75, 3.05) is 45.9 Å². The quantitative estimate of drug-likeness (QED) is 0.405. The van der Waals surface area contributed by atoms with Crippen LogP contribution in [0.15, 0.2) is 0 Å². The molecule has 108 valence electrons. The van der Waals surface area contributed by atoms with Crippen LogP contribution in [0.4, 0.5) is 0 Å². The van der Waals surface area contributed by atoms with Crippen molar-refractivity contribution < 1.29 is 14.7 Å². The first kappa shape index (κ1) is 15.8. The number of nitrogens with one attached hydrogen (secondary N) is 1. The van der Waals surface area contributed by atoms with E-state index < -0.39 is 11.8 Å². The van der Waals surface area contributed by atoms with Gasteiger partial charge in [0.15, 0.2) is 0 Å². The normalized spacial score (nSPS) is 16.8. The Balaban J connectivity index is 2.44. The summed E-state index contributed by atoms with van der Waals surface area (Å²) >= 11 is 4.63. The van der Waals surface area contributed by atoms with Gasteiger partial charge < -0.3 is 21.1 Å². The molecule has 0 unspecified atom stereocenters. The molecule has 1 aliphatic rings. The molecule has 0 aromatic carbocycles. The second-order valence-electron chi connectivity index (χ2n) is 4.36. The molecule has 0 radical (unpaired) electrons. The number of aliphatic hydroxyl groups excluding tert-OH is 1. The predicted octanol–water partition coefficient (Wildman–Crippen LogP) is -2.08. The maximum Gasteiger partial charge on any atom is 0.311 e. The van der Waals surface area contributed by atoms with Gasteiger partial charge in [-0.1, -0.05) is 12.2 Å². The lowest BCUT2D eigenvalue weighted by molar-refractivity contribution is -0.145. The van der Waals surface area contributed by atoms with E-state index in [1.165, 1.54) is 4.90 Å². The second kappa shape index (κ2) is 8.03. The molecule has 8 heteroatoms. The molecule has 4 N–H and O–H groups in total. The lowest BCUT2D eigenvalue weighted by Gasteiger charge is -2.20. The molecular weight excluding hydrogens is 268 g/mol. The number of nitrogens with two attached hydrogens (primary N) is 1. The molecule has 0 aromatic heterocycles. The smallest absolute Gasteiger partial charge is 0.311 e. The summed E-state index contributed by atoms with van der Waals surface area (Å²) in [5.41, 5.74) is 5.26. The maximum absolute atomic E-state index is 11.9. The zero-order valence-electron chi connectivity index (χ0n) is 10.8. The molecular formula is C11H20N4O3S. The summed E-state index contributed by atoms with van der Waals surface area (Å²) in [5.74, 6) is -1.23. The lowest BCUT2D eigenvalue weighted by atomic mass is 10.3. The van der Waals surface area contributed by atoms with Crippen molar-refractivity contribution in [1.82, 2.24) is 15.1 Å². The van der Waals surface area contributed by atoms with Crippen LogP contribution in [-0.2, 0) is 9.59 Å². The number of amides is 2. The predicted molar refractivity (Wildman–Crippen MR) is 74.5 cm³/mol. The van der Waals surface area contributed by atoms with E-state index in [0.29, 0.717) is 26.2 Å². The van der Waals surface area contributed by atoms with E-state index in [2.05, 4.69) is 22.4 Å². The second-order valence-corrected chi connectivity index (χ2v) is 4.88. The van der Waals surface area contributed by atoms with E-state index in [1.807, 2.05) is 0 Å². The molecule has 2 amide bonds. The van der Waals surface area contributed by atoms with E-state index in [4.69, 9.17) is 10.8 Å². The molecule has 1 saturated heterocycles. The average Bonchev–Trinajstić information content (AvgIpc) is 2.61. The minimum Gasteiger partial charge on any atom is -0.395 e. The van der Waals surface area contributed by atoms with E-state index in [-0.39, 0.29) is 18.1 Å². The number of hydrogen-bond acceptors (Lipinski definition) is 5. The molecule has 0 bridgehead atoms. The van der Waals surface area contributed by atoms with Crippen LogP contribution in [0.2, 0.25) is 0 Å². The fourth-order valence-electron chi connectivity index (χ4n) is 1.93. The molecule has 0 atom stereocenters. The van der Waals surface area contributed by atoms with Crippen molar-refractivity contribution in [1.29, 1.82) is 0 Å². The first-order chi connectivity index (χ1) is 9.04. The zero-order chi connectivity index (χ0) is 14.3. The van der Waals surface area contributed by atoms with Crippen molar-refractivity contribution >= 4 is 29.0 Å². The molecule has 1 rings (SSSR count). The van der Waals surface area contributed by atoms with Crippen LogP contribution in [-0.4, -0.2) is 77.6 Å². The first-order valence-electron chi connectivity index (χ1n) is 6.23. The Hall–Kier alpha value is -1.25. The van der Waals surface area contributed by atoms with Crippen LogP contribution in [0.3, 0.4) is 0 Å². The summed E-state index contributed by atoms with van der Waals surface area (Å²) in [6, 6.07) is 0. The van der Waals surface area contributed by atoms with Crippen LogP contribution < -0.4 is 11.1 Å². The van der Waals surface area contributed by atoms with Gasteiger partial charge >= 0.3 is 11.8 Å². The van der Waals surface area contributed by atoms with E-state index in [0.717, 1.165) is 13.0 Å². The number of β-amino-alcohol motifs (C(OH)–C–C–N with tert-alkyl or cyclic N) is 1. The number of hydrogen-bond donors (Lipinski definition) is 3. The van der Waals surface area contributed by atoms with Gasteiger partial charge in [-0.05, 0) is 13.0 Å². The average molecular weight is 288 g/mol. The molecule has 7 nitrogen and oxygen atoms in total. The first-order valence-corrected chi connectivity index (χ1v) is 6.64. The molecule has 1 fully saturated rings. The van der Waals surface area contributed by atoms with Crippen LogP contribution in [0.25, 0.3) is 0 Å². The van der Waals surface area contributed by atoms with Gasteiger partial charge in [0.05, 0.1) is 18.1 Å². The summed E-state index contributed by atoms with van der Waals surface area (Å²) in [6.45, 7) is 3.23. The standard InChI is InChI=1S/C11H20N4O3S/c12-9(19)8-13-10(17)11(18)15-3-1-2-14(4-5-15)6-7-16/h16H,1-8H2,(H2,12,19)(H,13,17). The fourth-order valence-corrected chi connectivity index (χ4v) is 2.00. The summed E-state index contributed by atoms with van der Waals surface area (Å²) in [4.78, 5) is 27.2. The summed E-state index contributed by atoms with van der Waals surface area (Å²) in [5, 5.41) is 11.3. The summed E-state index contributed by atoms with van der Waals surface area (Å²) in [7, 11) is 0. The number of carbonyl (C=O) groups excluding carboxylic acids is 2. The third-order valence-electron chi connectivity index (χ3n) is 2.91. The van der Waals surface area contributed by atoms with Crippen LogP contribution >= 0.6 is 12.2 Å². The monoisotopic (exact) mass is 288 g/mol. The van der Waals surface area contributed by atoms with Crippen molar-refractivity contribution in [3.05, 3.63) is 0 Å². The fraction of sp³-hybridized carbons (Fsp3) is 0.727. The Bertz CT molecular complexity index is 351. The maximum atomic E-state index is 11.9. The Labute approximate surface area is 117 Å². The number of rotatable bonds is 4. The zero-order valence-corrected chi connectivity index (χ0v) is 11.6. The van der Waals surface area contributed by atoms with Crippen molar-refractivity contribution in [2.45, 2.75) is 6.42 Å². The number of nitrogens with zero attached hydrogens (tertiary/aromatic N) is 2. The highest BCUT2D eigenvalue weighted by Crippen LogP contribution is 2.03. The van der Waals surface area contributed by atoms with Crippen LogP contribution in [0.1, 0.15) is 6.42 Å². The molecule has 19 heavy (non-hydrogen) atoms. The van der Waals surface area contributed by atoms with Gasteiger partial charge in [0.1, 0.15) is 0 Å². The number of thiocarbonyl (C=S) groups is 1. The highest BCUT2D eigenvalue weighted by atomic mass is 32.1. The minimum absolute atomic E-state index is 0.0321. The highest BCUT2D eigenvalue weighted by molar-refractivity contribution is 7.80. The number of aliphatic hydroxyl groups is 1. The third kappa shape index (κ3) is 5.50. The topological polar surface area (TPSA) is 98.9 Å². The van der Waals surface area contributed by atoms with E-state index in [9.17, 15) is 9.59 Å². The lowest BCUT2D eigenvalue weighted by Crippen LogP contribution is -2.46. The Morgan fingerprint density at radius 1 is 1.26 bits per heavy atom. The summed E-state index contributed by atoms with van der Waals surface area (Å²) in [6.07, 6.45) is 0.786. The van der Waals surface area contributed by atoms with Gasteiger partial charge in [-0.3, -0.25) is 14.5 Å². The highest BCUT2D eigenvalue weighted by Gasteiger charge is 2.24. The third-order valence-corrected chi connectivity index (χ3v) is 3.05. The van der Waals surface area contributed by atoms with E-state index >= 15 is 0 Å². The summed E-state index contributed by atoms with van der Waals surface area (Å²) < 4.78 is 0. The van der Waals surface area contributed by atoms with Gasteiger partial charge in [-0.15, -0.1) is 0 Å². The Kier molecular flexibility index (Phi) is 6.68. The van der Waals surface area contributed by atoms with Gasteiger partial charge in [0.25, 0.3) is 0 Å². The van der Waals surface area contributed by atoms with Crippen molar-refractivity contribution in [3.8, 4) is 0 Å². The van der Waals surface area contributed by atoms with Gasteiger partial charge in [0, 0.05) is 26.2 Å². The van der Waals surface area contributed by atoms with Gasteiger partial charge in [-0.2, -0.15) is 0 Å². The molecule has 0 aromatic rings. The number of carbonyl (C=O) groups is 2.